The van der Waals surface area contributed by atoms with Crippen LogP contribution in [0.3, 0.4) is 0 Å². The van der Waals surface area contributed by atoms with Crippen LogP contribution in [0.1, 0.15) is 18.4 Å². The normalized spacial score (nSPS) is 14.7. The molecule has 0 unspecified atom stereocenters. The summed E-state index contributed by atoms with van der Waals surface area (Å²) in [6.45, 7) is 6.29. The van der Waals surface area contributed by atoms with Crippen molar-refractivity contribution < 1.29 is 14.3 Å². The van der Waals surface area contributed by atoms with E-state index in [2.05, 4.69) is 15.2 Å². The number of para-hydroxylation sites is 1. The molecule has 0 bridgehead atoms. The average molecular weight is 430 g/mol. The lowest BCUT2D eigenvalue weighted by molar-refractivity contribution is -0.133. The molecule has 1 aromatic carbocycles. The second-order valence-corrected chi connectivity index (χ2v) is 7.82. The Morgan fingerprint density at radius 3 is 2.71 bits per heavy atom. The minimum Gasteiger partial charge on any atom is -0.385 e. The quantitative estimate of drug-likeness (QED) is 0.580. The van der Waals surface area contributed by atoms with Crippen LogP contribution >= 0.6 is 0 Å². The number of carbonyl (C=O) groups is 2. The molecule has 1 aliphatic heterocycles. The molecule has 0 spiro atoms. The van der Waals surface area contributed by atoms with Crippen molar-refractivity contribution in [3.8, 4) is 0 Å². The highest BCUT2D eigenvalue weighted by Gasteiger charge is 2.22. The van der Waals surface area contributed by atoms with E-state index in [1.165, 1.54) is 10.9 Å². The molecule has 1 saturated heterocycles. The zero-order chi connectivity index (χ0) is 22.2. The van der Waals surface area contributed by atoms with Gasteiger partial charge in [0.05, 0.1) is 23.8 Å². The van der Waals surface area contributed by atoms with E-state index in [9.17, 15) is 14.4 Å². The molecule has 2 heterocycles. The summed E-state index contributed by atoms with van der Waals surface area (Å²) >= 11 is 0. The molecule has 31 heavy (non-hydrogen) atoms. The predicted molar refractivity (Wildman–Crippen MR) is 118 cm³/mol. The van der Waals surface area contributed by atoms with E-state index in [-0.39, 0.29) is 23.8 Å². The lowest BCUT2D eigenvalue weighted by Gasteiger charge is -2.34. The molecule has 1 aromatic heterocycles. The minimum absolute atomic E-state index is 0.00528. The summed E-state index contributed by atoms with van der Waals surface area (Å²) in [7, 11) is 1.64. The van der Waals surface area contributed by atoms with Crippen LogP contribution in [0.5, 0.6) is 0 Å². The van der Waals surface area contributed by atoms with Crippen molar-refractivity contribution in [2.24, 2.45) is 0 Å². The molecular formula is C22H31N5O4. The largest absolute Gasteiger partial charge is 0.385 e. The fraction of sp³-hybridized carbons (Fsp3) is 0.545. The van der Waals surface area contributed by atoms with E-state index in [1.807, 2.05) is 19.1 Å². The maximum absolute atomic E-state index is 12.7. The van der Waals surface area contributed by atoms with Crippen molar-refractivity contribution in [2.45, 2.75) is 26.3 Å². The Bertz CT molecular complexity index is 966. The Hall–Kier alpha value is -2.78. The molecule has 9 nitrogen and oxygen atoms in total. The number of ether oxygens (including phenoxy) is 1. The standard InChI is InChI=1S/C22H31N5O4/c1-17-5-3-6-18-21(17)24-16-27(22(18)30)9-7-20(29)26-12-10-25(11-13-26)15-19(28)23-8-4-14-31-2/h3,5-6,16H,4,7-15H2,1-2H3,(H,23,28). The summed E-state index contributed by atoms with van der Waals surface area (Å²) in [4.78, 5) is 45.5. The van der Waals surface area contributed by atoms with Crippen molar-refractivity contribution in [1.82, 2.24) is 24.7 Å². The van der Waals surface area contributed by atoms with Crippen LogP contribution in [0.4, 0.5) is 0 Å². The predicted octanol–water partition coefficient (Wildman–Crippen LogP) is 0.392. The number of amides is 2. The molecule has 2 amide bonds. The summed E-state index contributed by atoms with van der Waals surface area (Å²) in [5.74, 6) is 0.00852. The van der Waals surface area contributed by atoms with Gasteiger partial charge in [0.25, 0.3) is 5.56 Å². The number of hydrogen-bond donors (Lipinski definition) is 1. The first-order chi connectivity index (χ1) is 15.0. The first kappa shape index (κ1) is 22.9. The van der Waals surface area contributed by atoms with Gasteiger partial charge in [-0.3, -0.25) is 23.9 Å². The Morgan fingerprint density at radius 2 is 1.97 bits per heavy atom. The van der Waals surface area contributed by atoms with E-state index in [0.29, 0.717) is 63.3 Å². The Labute approximate surface area is 182 Å². The number of hydrogen-bond acceptors (Lipinski definition) is 6. The molecule has 0 radical (unpaired) electrons. The highest BCUT2D eigenvalue weighted by molar-refractivity contribution is 5.80. The van der Waals surface area contributed by atoms with Crippen LogP contribution in [0.2, 0.25) is 0 Å². The van der Waals surface area contributed by atoms with Crippen LogP contribution in [0.15, 0.2) is 29.3 Å². The van der Waals surface area contributed by atoms with Gasteiger partial charge in [-0.25, -0.2) is 4.98 Å². The molecule has 9 heteroatoms. The van der Waals surface area contributed by atoms with Gasteiger partial charge in [-0.2, -0.15) is 0 Å². The number of benzene rings is 1. The van der Waals surface area contributed by atoms with Crippen molar-refractivity contribution in [3.63, 3.8) is 0 Å². The van der Waals surface area contributed by atoms with Gasteiger partial charge in [0.1, 0.15) is 0 Å². The van der Waals surface area contributed by atoms with Crippen LogP contribution < -0.4 is 10.9 Å². The lowest BCUT2D eigenvalue weighted by atomic mass is 10.1. The lowest BCUT2D eigenvalue weighted by Crippen LogP contribution is -2.51. The molecule has 168 valence electrons. The highest BCUT2D eigenvalue weighted by Crippen LogP contribution is 2.11. The number of nitrogens with one attached hydrogen (secondary N) is 1. The third-order valence-electron chi connectivity index (χ3n) is 5.56. The third kappa shape index (κ3) is 6.11. The molecule has 1 N–H and O–H groups in total. The van der Waals surface area contributed by atoms with Gasteiger partial charge in [-0.15, -0.1) is 0 Å². The summed E-state index contributed by atoms with van der Waals surface area (Å²) < 4.78 is 6.47. The summed E-state index contributed by atoms with van der Waals surface area (Å²) in [5, 5.41) is 3.45. The first-order valence-electron chi connectivity index (χ1n) is 10.7. The van der Waals surface area contributed by atoms with E-state index in [0.717, 1.165) is 12.0 Å². The maximum atomic E-state index is 12.7. The Balaban J connectivity index is 1.44. The number of fused-ring (bicyclic) bond motifs is 1. The van der Waals surface area contributed by atoms with Gasteiger partial charge >= 0.3 is 0 Å². The Morgan fingerprint density at radius 1 is 1.19 bits per heavy atom. The second-order valence-electron chi connectivity index (χ2n) is 7.82. The van der Waals surface area contributed by atoms with Crippen molar-refractivity contribution in [1.29, 1.82) is 0 Å². The monoisotopic (exact) mass is 429 g/mol. The van der Waals surface area contributed by atoms with Crippen molar-refractivity contribution in [3.05, 3.63) is 40.4 Å². The maximum Gasteiger partial charge on any atom is 0.261 e. The topological polar surface area (TPSA) is 96.8 Å². The summed E-state index contributed by atoms with van der Waals surface area (Å²) in [5.41, 5.74) is 1.54. The van der Waals surface area contributed by atoms with Gasteiger partial charge in [-0.1, -0.05) is 12.1 Å². The van der Waals surface area contributed by atoms with Gasteiger partial charge in [-0.05, 0) is 25.0 Å². The fourth-order valence-electron chi connectivity index (χ4n) is 3.73. The number of carbonyl (C=O) groups excluding carboxylic acids is 2. The van der Waals surface area contributed by atoms with E-state index >= 15 is 0 Å². The SMILES string of the molecule is COCCCNC(=O)CN1CCN(C(=O)CCn2cnc3c(C)cccc3c2=O)CC1. The van der Waals surface area contributed by atoms with Gasteiger partial charge in [0.2, 0.25) is 11.8 Å². The average Bonchev–Trinajstić information content (AvgIpc) is 2.77. The van der Waals surface area contributed by atoms with Crippen molar-refractivity contribution in [2.75, 3.05) is 53.0 Å². The molecule has 3 rings (SSSR count). The molecule has 0 atom stereocenters. The number of aryl methyl sites for hydroxylation is 2. The minimum atomic E-state index is -0.122. The summed E-state index contributed by atoms with van der Waals surface area (Å²) in [6, 6.07) is 5.53. The number of nitrogens with zero attached hydrogens (tertiary/aromatic N) is 4. The van der Waals surface area contributed by atoms with E-state index in [4.69, 9.17) is 4.74 Å². The number of rotatable bonds is 9. The molecular weight excluding hydrogens is 398 g/mol. The number of piperazine rings is 1. The van der Waals surface area contributed by atoms with Gasteiger partial charge in [0, 0.05) is 59.4 Å². The Kier molecular flexibility index (Phi) is 8.13. The molecule has 2 aromatic rings. The second kappa shape index (κ2) is 11.0. The van der Waals surface area contributed by atoms with Crippen LogP contribution in [-0.4, -0.2) is 84.2 Å². The molecule has 1 fully saturated rings. The van der Waals surface area contributed by atoms with Crippen LogP contribution in [0.25, 0.3) is 10.9 Å². The van der Waals surface area contributed by atoms with Crippen LogP contribution in [-0.2, 0) is 20.9 Å². The van der Waals surface area contributed by atoms with Gasteiger partial charge < -0.3 is 15.0 Å². The number of methoxy groups -OCH3 is 1. The van der Waals surface area contributed by atoms with Crippen molar-refractivity contribution >= 4 is 22.7 Å². The van der Waals surface area contributed by atoms with E-state index in [1.54, 1.807) is 18.1 Å². The fourth-order valence-corrected chi connectivity index (χ4v) is 3.73. The van der Waals surface area contributed by atoms with Gasteiger partial charge in [0.15, 0.2) is 0 Å². The van der Waals surface area contributed by atoms with Crippen LogP contribution in [0, 0.1) is 6.92 Å². The molecule has 1 aliphatic rings. The molecule has 0 aliphatic carbocycles. The highest BCUT2D eigenvalue weighted by atomic mass is 16.5. The summed E-state index contributed by atoms with van der Waals surface area (Å²) in [6.07, 6.45) is 2.56. The third-order valence-corrected chi connectivity index (χ3v) is 5.56. The smallest absolute Gasteiger partial charge is 0.261 e. The zero-order valence-corrected chi connectivity index (χ0v) is 18.3. The number of aromatic nitrogens is 2. The zero-order valence-electron chi connectivity index (χ0n) is 18.3. The van der Waals surface area contributed by atoms with E-state index < -0.39 is 0 Å². The first-order valence-corrected chi connectivity index (χ1v) is 10.7. The molecule has 0 saturated carbocycles.